The maximum Gasteiger partial charge on any atom is 0.338 e. The van der Waals surface area contributed by atoms with E-state index in [1.165, 1.54) is 33.8 Å². The molecule has 2 aromatic carbocycles. The summed E-state index contributed by atoms with van der Waals surface area (Å²) in [5, 5.41) is 10.0. The highest BCUT2D eigenvalue weighted by Gasteiger charge is 2.49. The molecule has 366 valence electrons. The molecule has 0 aliphatic carbocycles. The van der Waals surface area contributed by atoms with E-state index in [9.17, 15) is 75.2 Å². The average Bonchev–Trinajstić information content (AvgIpc) is 3.50. The number of carboxylic acids is 1. The van der Waals surface area contributed by atoms with Crippen LogP contribution in [0.25, 0.3) is 0 Å². The Labute approximate surface area is 381 Å². The van der Waals surface area contributed by atoms with Crippen LogP contribution in [-0.2, 0) is 70.9 Å². The summed E-state index contributed by atoms with van der Waals surface area (Å²) in [5.41, 5.74) is -2.68. The van der Waals surface area contributed by atoms with Crippen LogP contribution in [0.5, 0.6) is 0 Å². The minimum absolute atomic E-state index is 0.0240. The molecule has 23 nitrogen and oxygen atoms in total. The Kier molecular flexibility index (Phi) is 16.3. The molecular formula is C38H49N2O21S5+. The number of aromatic carboxylic acids is 1. The van der Waals surface area contributed by atoms with Gasteiger partial charge in [-0.25, -0.2) is 14.4 Å². The second-order valence-corrected chi connectivity index (χ2v) is 24.0. The lowest BCUT2D eigenvalue weighted by Gasteiger charge is -2.27. The van der Waals surface area contributed by atoms with Gasteiger partial charge in [0.1, 0.15) is 11.4 Å². The van der Waals surface area contributed by atoms with Crippen molar-refractivity contribution in [2.75, 3.05) is 54.2 Å². The van der Waals surface area contributed by atoms with Crippen molar-refractivity contribution >= 4 is 85.6 Å². The monoisotopic (exact) mass is 1030 g/mol. The number of carbonyl (C=O) groups excluding carboxylic acids is 2. The van der Waals surface area contributed by atoms with Gasteiger partial charge in [-0.1, -0.05) is 19.9 Å². The van der Waals surface area contributed by atoms with Gasteiger partial charge in [-0.05, 0) is 57.4 Å². The van der Waals surface area contributed by atoms with E-state index in [1.54, 1.807) is 27.7 Å². The number of carbonyl (C=O) groups is 3. The van der Waals surface area contributed by atoms with E-state index in [0.29, 0.717) is 5.70 Å². The zero-order chi connectivity index (χ0) is 50.0. The molecular weight excluding hydrogens is 981 g/mol. The molecule has 0 spiro atoms. The predicted molar refractivity (Wildman–Crippen MR) is 235 cm³/mol. The number of allylic oxidation sites excluding steroid dienone is 4. The van der Waals surface area contributed by atoms with Gasteiger partial charge in [0.15, 0.2) is 5.71 Å². The van der Waals surface area contributed by atoms with Gasteiger partial charge in [-0.2, -0.15) is 46.7 Å². The molecule has 0 saturated heterocycles. The van der Waals surface area contributed by atoms with Crippen molar-refractivity contribution in [2.24, 2.45) is 0 Å². The molecule has 0 unspecified atom stereocenters. The number of nitrogens with zero attached hydrogens (tertiary/aromatic N) is 2. The summed E-state index contributed by atoms with van der Waals surface area (Å²) >= 11 is 0. The van der Waals surface area contributed by atoms with Gasteiger partial charge < -0.3 is 19.5 Å². The van der Waals surface area contributed by atoms with Crippen LogP contribution in [0.15, 0.2) is 53.1 Å². The largest absolute Gasteiger partial charge is 0.478 e. The molecule has 0 fully saturated rings. The van der Waals surface area contributed by atoms with Crippen LogP contribution >= 0.6 is 0 Å². The second kappa shape index (κ2) is 19.9. The SMILES string of the molecule is CC1(C)C(/C=C/C=C2/N(CCCS(=O)(=O)O)c3cc(C(=O)O)cc(C(=O)OCCCS(=O)(=O)O)c3C2(C)C)=[N+](CCCS(=O)(=O)O)c2cc(S(=O)(=O)O)cc(C(=O)OCCCS(=O)(=O)O)c21. The molecule has 0 atom stereocenters. The molecule has 0 bridgehead atoms. The van der Waals surface area contributed by atoms with Gasteiger partial charge in [-0.15, -0.1) is 0 Å². The molecule has 0 saturated carbocycles. The molecule has 4 rings (SSSR count). The minimum atomic E-state index is -5.05. The summed E-state index contributed by atoms with van der Waals surface area (Å²) in [5.74, 6) is -6.72. The molecule has 0 radical (unpaired) electrons. The first-order valence-corrected chi connectivity index (χ1v) is 27.5. The van der Waals surface area contributed by atoms with E-state index in [4.69, 9.17) is 18.6 Å². The molecule has 0 amide bonds. The minimum Gasteiger partial charge on any atom is -0.478 e. The van der Waals surface area contributed by atoms with E-state index < -0.39 is 132 Å². The fraction of sp³-hybridized carbons (Fsp3) is 0.474. The average molecular weight is 1030 g/mol. The van der Waals surface area contributed by atoms with Crippen LogP contribution in [0.2, 0.25) is 0 Å². The highest BCUT2D eigenvalue weighted by Crippen LogP contribution is 2.50. The molecule has 2 aliphatic rings. The van der Waals surface area contributed by atoms with Crippen LogP contribution in [0, 0.1) is 0 Å². The number of carboxylic acid groups (broad SMARTS) is 1. The van der Waals surface area contributed by atoms with Crippen LogP contribution in [0.4, 0.5) is 11.4 Å². The number of rotatable bonds is 22. The van der Waals surface area contributed by atoms with Crippen molar-refractivity contribution in [1.82, 2.24) is 0 Å². The van der Waals surface area contributed by atoms with Crippen molar-refractivity contribution in [3.8, 4) is 0 Å². The first-order valence-electron chi connectivity index (χ1n) is 19.6. The zero-order valence-corrected chi connectivity index (χ0v) is 39.9. The molecule has 2 heterocycles. The summed E-state index contributed by atoms with van der Waals surface area (Å²) < 4.78 is 176. The molecule has 6 N–H and O–H groups in total. The highest BCUT2D eigenvalue weighted by atomic mass is 32.2. The molecule has 28 heteroatoms. The lowest BCUT2D eigenvalue weighted by Crippen LogP contribution is -2.30. The summed E-state index contributed by atoms with van der Waals surface area (Å²) in [7, 11) is -22.9. The summed E-state index contributed by atoms with van der Waals surface area (Å²) in [6.45, 7) is 4.99. The van der Waals surface area contributed by atoms with E-state index in [1.807, 2.05) is 0 Å². The van der Waals surface area contributed by atoms with Crippen molar-refractivity contribution in [1.29, 1.82) is 0 Å². The van der Waals surface area contributed by atoms with Gasteiger partial charge in [0.05, 0.1) is 63.9 Å². The highest BCUT2D eigenvalue weighted by molar-refractivity contribution is 7.86. The Morgan fingerprint density at radius 1 is 0.652 bits per heavy atom. The molecule has 66 heavy (non-hydrogen) atoms. The van der Waals surface area contributed by atoms with Gasteiger partial charge in [-0.3, -0.25) is 22.8 Å². The Morgan fingerprint density at radius 3 is 1.62 bits per heavy atom. The third-order valence-corrected chi connectivity index (χ3v) is 14.6. The fourth-order valence-corrected chi connectivity index (χ4v) is 10.3. The van der Waals surface area contributed by atoms with E-state index in [2.05, 4.69) is 0 Å². The van der Waals surface area contributed by atoms with Crippen molar-refractivity contribution in [3.05, 3.63) is 76.0 Å². The van der Waals surface area contributed by atoms with Gasteiger partial charge in [0.25, 0.3) is 50.6 Å². The lowest BCUT2D eigenvalue weighted by atomic mass is 9.78. The number of benzene rings is 2. The smallest absolute Gasteiger partial charge is 0.338 e. The van der Waals surface area contributed by atoms with E-state index in [-0.39, 0.29) is 72.5 Å². The Hall–Kier alpha value is -4.65. The molecule has 2 aliphatic heterocycles. The lowest BCUT2D eigenvalue weighted by molar-refractivity contribution is -0.437. The van der Waals surface area contributed by atoms with Crippen LogP contribution in [0.3, 0.4) is 0 Å². The second-order valence-electron chi connectivity index (χ2n) is 16.2. The molecule has 0 aromatic heterocycles. The van der Waals surface area contributed by atoms with Gasteiger partial charge in [0, 0.05) is 47.5 Å². The quantitative estimate of drug-likeness (QED) is 0.0427. The molecule has 2 aromatic rings. The van der Waals surface area contributed by atoms with Gasteiger partial charge >= 0.3 is 17.9 Å². The Morgan fingerprint density at radius 2 is 1.14 bits per heavy atom. The first-order chi connectivity index (χ1) is 30.0. The van der Waals surface area contributed by atoms with Crippen molar-refractivity contribution in [2.45, 2.75) is 69.1 Å². The predicted octanol–water partition coefficient (Wildman–Crippen LogP) is 2.67. The summed E-state index contributed by atoms with van der Waals surface area (Å²) in [6, 6.07) is 4.12. The number of hydrogen-bond acceptors (Lipinski definition) is 16. The van der Waals surface area contributed by atoms with E-state index in [0.717, 1.165) is 18.2 Å². The van der Waals surface area contributed by atoms with Gasteiger partial charge in [0.2, 0.25) is 5.69 Å². The maximum absolute atomic E-state index is 13.6. The zero-order valence-electron chi connectivity index (χ0n) is 35.8. The van der Waals surface area contributed by atoms with Crippen molar-refractivity contribution in [3.63, 3.8) is 0 Å². The first kappa shape index (κ1) is 54.0. The fourth-order valence-electron chi connectivity index (χ4n) is 7.84. The number of esters is 2. The van der Waals surface area contributed by atoms with Crippen molar-refractivity contribution < 1.29 is 98.4 Å². The Bertz CT molecular complexity index is 2970. The normalized spacial score (nSPS) is 16.7. The third-order valence-electron chi connectivity index (χ3n) is 10.5. The van der Waals surface area contributed by atoms with Crippen LogP contribution in [-0.4, -0.2) is 147 Å². The third kappa shape index (κ3) is 13.7. The van der Waals surface area contributed by atoms with Crippen LogP contribution in [0.1, 0.15) is 95.6 Å². The summed E-state index contributed by atoms with van der Waals surface area (Å²) in [4.78, 5) is 40.3. The number of ether oxygens (including phenoxy) is 2. The standard InChI is InChI=1S/C38H48N2O21S5/c1-37(2)30(39(12-6-16-62(45,46)47)28-21-24(34(41)42)20-26(32(28)37)35(43)60-14-8-18-64(51,52)53)10-5-11-31-38(3,4)33-27(36(44)61-15-9-19-65(54,55)56)22-25(66(57,58)59)23-29(33)40(31)13-7-17-63(48,49)50/h5,10-11,20-23H,6-9,12-19H2,1-4H3,(H5-,41,42,45,46,47,48,49,50,51,52,53,54,55,56,57,58,59)/p+1. The number of fused-ring (bicyclic) bond motifs is 2. The topological polar surface area (TPSA) is 368 Å². The number of hydrogen-bond donors (Lipinski definition) is 6. The van der Waals surface area contributed by atoms with E-state index >= 15 is 0 Å². The Balaban J connectivity index is 1.94. The van der Waals surface area contributed by atoms with Crippen LogP contribution < -0.4 is 4.90 Å². The maximum atomic E-state index is 13.6. The number of anilines is 1. The summed E-state index contributed by atoms with van der Waals surface area (Å²) in [6.07, 6.45) is 3.28.